The molecule has 0 bridgehead atoms. The SMILES string of the molecule is CCOC1CC(NCCC2CCC2)C1. The molecule has 82 valence electrons. The van der Waals surface area contributed by atoms with Crippen molar-refractivity contribution in [1.82, 2.24) is 5.32 Å². The van der Waals surface area contributed by atoms with Crippen LogP contribution in [0.1, 0.15) is 45.4 Å². The topological polar surface area (TPSA) is 21.3 Å². The highest BCUT2D eigenvalue weighted by atomic mass is 16.5. The number of ether oxygens (including phenoxy) is 1. The van der Waals surface area contributed by atoms with E-state index in [1.807, 2.05) is 0 Å². The predicted octanol–water partition coefficient (Wildman–Crippen LogP) is 2.33. The molecule has 0 amide bonds. The van der Waals surface area contributed by atoms with Crippen LogP contribution in [0.4, 0.5) is 0 Å². The van der Waals surface area contributed by atoms with E-state index in [1.54, 1.807) is 0 Å². The van der Waals surface area contributed by atoms with E-state index in [0.717, 1.165) is 18.6 Å². The summed E-state index contributed by atoms with van der Waals surface area (Å²) in [4.78, 5) is 0. The summed E-state index contributed by atoms with van der Waals surface area (Å²) < 4.78 is 5.53. The third-order valence-corrected chi connectivity index (χ3v) is 3.71. The van der Waals surface area contributed by atoms with Crippen LogP contribution in [0, 0.1) is 5.92 Å². The maximum Gasteiger partial charge on any atom is 0.0604 e. The van der Waals surface area contributed by atoms with Crippen molar-refractivity contribution >= 4 is 0 Å². The number of hydrogen-bond acceptors (Lipinski definition) is 2. The van der Waals surface area contributed by atoms with E-state index in [9.17, 15) is 0 Å². The highest BCUT2D eigenvalue weighted by Gasteiger charge is 2.29. The monoisotopic (exact) mass is 197 g/mol. The molecule has 0 spiro atoms. The second-order valence-electron chi connectivity index (χ2n) is 4.79. The Kier molecular flexibility index (Phi) is 3.82. The van der Waals surface area contributed by atoms with Crippen LogP contribution in [-0.2, 0) is 4.74 Å². The Labute approximate surface area is 87.4 Å². The fraction of sp³-hybridized carbons (Fsp3) is 1.00. The molecule has 2 aliphatic rings. The maximum atomic E-state index is 5.53. The van der Waals surface area contributed by atoms with Gasteiger partial charge in [0.15, 0.2) is 0 Å². The number of rotatable bonds is 6. The van der Waals surface area contributed by atoms with Gasteiger partial charge in [-0.3, -0.25) is 0 Å². The molecule has 0 aromatic rings. The number of hydrogen-bond donors (Lipinski definition) is 1. The van der Waals surface area contributed by atoms with Crippen molar-refractivity contribution < 1.29 is 4.74 Å². The molecule has 2 fully saturated rings. The van der Waals surface area contributed by atoms with E-state index < -0.39 is 0 Å². The summed E-state index contributed by atoms with van der Waals surface area (Å²) >= 11 is 0. The van der Waals surface area contributed by atoms with Crippen molar-refractivity contribution in [2.45, 2.75) is 57.6 Å². The van der Waals surface area contributed by atoms with E-state index in [1.165, 1.54) is 45.1 Å². The largest absolute Gasteiger partial charge is 0.378 e. The molecule has 14 heavy (non-hydrogen) atoms. The minimum Gasteiger partial charge on any atom is -0.378 e. The summed E-state index contributed by atoms with van der Waals surface area (Å²) in [5.74, 6) is 1.05. The first-order chi connectivity index (χ1) is 6.88. The standard InChI is InChI=1S/C12H23NO/c1-2-14-12-8-11(9-12)13-7-6-10-4-3-5-10/h10-13H,2-9H2,1H3. The molecule has 0 heterocycles. The molecule has 0 atom stereocenters. The lowest BCUT2D eigenvalue weighted by atomic mass is 9.82. The number of nitrogens with one attached hydrogen (secondary N) is 1. The zero-order valence-corrected chi connectivity index (χ0v) is 9.30. The molecule has 2 saturated carbocycles. The lowest BCUT2D eigenvalue weighted by Crippen LogP contribution is -2.46. The molecule has 0 aromatic heterocycles. The van der Waals surface area contributed by atoms with Crippen molar-refractivity contribution in [2.75, 3.05) is 13.2 Å². The molecule has 0 radical (unpaired) electrons. The van der Waals surface area contributed by atoms with Crippen molar-refractivity contribution in [3.05, 3.63) is 0 Å². The smallest absolute Gasteiger partial charge is 0.0604 e. The molecule has 2 nitrogen and oxygen atoms in total. The lowest BCUT2D eigenvalue weighted by Gasteiger charge is -2.36. The van der Waals surface area contributed by atoms with Crippen LogP contribution < -0.4 is 5.32 Å². The van der Waals surface area contributed by atoms with E-state index in [2.05, 4.69) is 12.2 Å². The van der Waals surface area contributed by atoms with E-state index in [-0.39, 0.29) is 0 Å². The van der Waals surface area contributed by atoms with Gasteiger partial charge in [-0.05, 0) is 38.6 Å². The summed E-state index contributed by atoms with van der Waals surface area (Å²) in [5.41, 5.74) is 0. The van der Waals surface area contributed by atoms with Gasteiger partial charge in [-0.2, -0.15) is 0 Å². The molecule has 0 aliphatic heterocycles. The second kappa shape index (κ2) is 5.13. The Bertz CT molecular complexity index is 162. The van der Waals surface area contributed by atoms with Gasteiger partial charge in [0.05, 0.1) is 6.10 Å². The third-order valence-electron chi connectivity index (χ3n) is 3.71. The maximum absolute atomic E-state index is 5.53. The van der Waals surface area contributed by atoms with E-state index in [0.29, 0.717) is 6.10 Å². The van der Waals surface area contributed by atoms with Crippen molar-refractivity contribution in [1.29, 1.82) is 0 Å². The third kappa shape index (κ3) is 2.71. The first-order valence-electron chi connectivity index (χ1n) is 6.23. The van der Waals surface area contributed by atoms with Gasteiger partial charge in [-0.1, -0.05) is 19.3 Å². The normalized spacial score (nSPS) is 32.4. The Morgan fingerprint density at radius 2 is 2.07 bits per heavy atom. The average molecular weight is 197 g/mol. The summed E-state index contributed by atoms with van der Waals surface area (Å²) in [7, 11) is 0. The van der Waals surface area contributed by atoms with Gasteiger partial charge in [-0.25, -0.2) is 0 Å². The molecule has 2 heteroatoms. The molecule has 0 aromatic carbocycles. The minimum atomic E-state index is 0.557. The van der Waals surface area contributed by atoms with Gasteiger partial charge in [0, 0.05) is 12.6 Å². The molecule has 0 unspecified atom stereocenters. The van der Waals surface area contributed by atoms with Gasteiger partial charge in [-0.15, -0.1) is 0 Å². The van der Waals surface area contributed by atoms with Crippen LogP contribution in [0.25, 0.3) is 0 Å². The van der Waals surface area contributed by atoms with Crippen LogP contribution in [-0.4, -0.2) is 25.3 Å². The fourth-order valence-electron chi connectivity index (χ4n) is 2.38. The Morgan fingerprint density at radius 3 is 2.64 bits per heavy atom. The molecule has 2 rings (SSSR count). The van der Waals surface area contributed by atoms with Gasteiger partial charge in [0.2, 0.25) is 0 Å². The highest BCUT2D eigenvalue weighted by molar-refractivity contribution is 4.86. The van der Waals surface area contributed by atoms with Crippen LogP contribution in [0.15, 0.2) is 0 Å². The van der Waals surface area contributed by atoms with Gasteiger partial charge >= 0.3 is 0 Å². The summed E-state index contributed by atoms with van der Waals surface area (Å²) in [6, 6.07) is 0.756. The van der Waals surface area contributed by atoms with Crippen molar-refractivity contribution in [3.8, 4) is 0 Å². The molecule has 2 aliphatic carbocycles. The first-order valence-corrected chi connectivity index (χ1v) is 6.23. The fourth-order valence-corrected chi connectivity index (χ4v) is 2.38. The van der Waals surface area contributed by atoms with Gasteiger partial charge in [0.25, 0.3) is 0 Å². The Balaban J connectivity index is 1.43. The summed E-state index contributed by atoms with van der Waals surface area (Å²) in [6.45, 7) is 4.19. The van der Waals surface area contributed by atoms with E-state index >= 15 is 0 Å². The van der Waals surface area contributed by atoms with Crippen molar-refractivity contribution in [2.24, 2.45) is 5.92 Å². The second-order valence-corrected chi connectivity index (χ2v) is 4.79. The first kappa shape index (κ1) is 10.4. The van der Waals surface area contributed by atoms with Crippen LogP contribution in [0.3, 0.4) is 0 Å². The Morgan fingerprint density at radius 1 is 1.29 bits per heavy atom. The molecular formula is C12H23NO. The predicted molar refractivity (Wildman–Crippen MR) is 58.4 cm³/mol. The zero-order valence-electron chi connectivity index (χ0n) is 9.30. The van der Waals surface area contributed by atoms with Crippen LogP contribution in [0.2, 0.25) is 0 Å². The molecular weight excluding hydrogens is 174 g/mol. The quantitative estimate of drug-likeness (QED) is 0.705. The lowest BCUT2D eigenvalue weighted by molar-refractivity contribution is -0.0101. The zero-order chi connectivity index (χ0) is 9.80. The average Bonchev–Trinajstić information content (AvgIpc) is 2.04. The summed E-state index contributed by atoms with van der Waals surface area (Å²) in [6.07, 6.45) is 8.86. The highest BCUT2D eigenvalue weighted by Crippen LogP contribution is 2.29. The molecule has 1 N–H and O–H groups in total. The Hall–Kier alpha value is -0.0800. The van der Waals surface area contributed by atoms with Crippen molar-refractivity contribution in [3.63, 3.8) is 0 Å². The minimum absolute atomic E-state index is 0.557. The van der Waals surface area contributed by atoms with Gasteiger partial charge < -0.3 is 10.1 Å². The van der Waals surface area contributed by atoms with E-state index in [4.69, 9.17) is 4.74 Å². The molecule has 0 saturated heterocycles. The van der Waals surface area contributed by atoms with Crippen LogP contribution in [0.5, 0.6) is 0 Å². The van der Waals surface area contributed by atoms with Gasteiger partial charge in [0.1, 0.15) is 0 Å². The van der Waals surface area contributed by atoms with Crippen LogP contribution >= 0.6 is 0 Å². The summed E-state index contributed by atoms with van der Waals surface area (Å²) in [5, 5.41) is 3.63.